The van der Waals surface area contributed by atoms with Crippen LogP contribution in [0, 0.1) is 0 Å². The van der Waals surface area contributed by atoms with E-state index in [1.165, 1.54) is 0 Å². The van der Waals surface area contributed by atoms with Gasteiger partial charge in [0, 0.05) is 12.1 Å². The fraction of sp³-hybridized carbons (Fsp3) is 0.385. The van der Waals surface area contributed by atoms with Crippen LogP contribution in [0.25, 0.3) is 0 Å². The van der Waals surface area contributed by atoms with Gasteiger partial charge < -0.3 is 15.4 Å². The van der Waals surface area contributed by atoms with Gasteiger partial charge in [0.25, 0.3) is 5.91 Å². The van der Waals surface area contributed by atoms with Gasteiger partial charge in [-0.15, -0.1) is 0 Å². The van der Waals surface area contributed by atoms with Gasteiger partial charge in [-0.2, -0.15) is 0 Å². The van der Waals surface area contributed by atoms with Gasteiger partial charge >= 0.3 is 0 Å². The number of nitrogens with one attached hydrogen (secondary N) is 2. The maximum absolute atomic E-state index is 11.8. The summed E-state index contributed by atoms with van der Waals surface area (Å²) in [7, 11) is 1.56. The van der Waals surface area contributed by atoms with E-state index in [1.54, 1.807) is 38.3 Å². The van der Waals surface area contributed by atoms with Gasteiger partial charge in [-0.05, 0) is 38.1 Å². The van der Waals surface area contributed by atoms with Crippen LogP contribution in [0.2, 0.25) is 0 Å². The Kier molecular flexibility index (Phi) is 5.17. The maximum atomic E-state index is 11.8. The lowest BCUT2D eigenvalue weighted by Crippen LogP contribution is -2.44. The Morgan fingerprint density at radius 2 is 1.89 bits per heavy atom. The molecular formula is C13H18N2O3. The lowest BCUT2D eigenvalue weighted by atomic mass is 10.2. The molecule has 0 bridgehead atoms. The maximum Gasteiger partial charge on any atom is 0.251 e. The minimum Gasteiger partial charge on any atom is -0.497 e. The van der Waals surface area contributed by atoms with Crippen molar-refractivity contribution in [3.8, 4) is 5.75 Å². The predicted molar refractivity (Wildman–Crippen MR) is 68.6 cm³/mol. The first-order valence-corrected chi connectivity index (χ1v) is 5.81. The average Bonchev–Trinajstić information content (AvgIpc) is 2.39. The standard InChI is InChI=1S/C13H18N2O3/c1-4-14-12(16)9(2)15-13(17)10-5-7-11(18-3)8-6-10/h5-9H,4H2,1-3H3,(H,14,16)(H,15,17)/t9-/m0/s1. The molecule has 5 heteroatoms. The second-order valence-corrected chi connectivity index (χ2v) is 3.82. The van der Waals surface area contributed by atoms with Crippen LogP contribution in [0.1, 0.15) is 24.2 Å². The van der Waals surface area contributed by atoms with Crippen LogP contribution in [0.3, 0.4) is 0 Å². The molecular weight excluding hydrogens is 232 g/mol. The third-order valence-corrected chi connectivity index (χ3v) is 2.44. The molecule has 0 aromatic heterocycles. The molecule has 1 atom stereocenters. The summed E-state index contributed by atoms with van der Waals surface area (Å²) < 4.78 is 5.00. The van der Waals surface area contributed by atoms with Gasteiger partial charge in [-0.3, -0.25) is 9.59 Å². The topological polar surface area (TPSA) is 67.4 Å². The van der Waals surface area contributed by atoms with Crippen LogP contribution in [-0.4, -0.2) is 31.5 Å². The van der Waals surface area contributed by atoms with E-state index in [0.29, 0.717) is 17.9 Å². The highest BCUT2D eigenvalue weighted by atomic mass is 16.5. The first kappa shape index (κ1) is 14.0. The number of hydrogen-bond acceptors (Lipinski definition) is 3. The molecule has 0 aliphatic carbocycles. The predicted octanol–water partition coefficient (Wildman–Crippen LogP) is 0.950. The number of hydrogen-bond donors (Lipinski definition) is 2. The van der Waals surface area contributed by atoms with Gasteiger partial charge in [-0.25, -0.2) is 0 Å². The molecule has 1 aromatic carbocycles. The van der Waals surface area contributed by atoms with Crippen molar-refractivity contribution < 1.29 is 14.3 Å². The van der Waals surface area contributed by atoms with Crippen molar-refractivity contribution in [3.05, 3.63) is 29.8 Å². The smallest absolute Gasteiger partial charge is 0.251 e. The number of likely N-dealkylation sites (N-methyl/N-ethyl adjacent to an activating group) is 1. The van der Waals surface area contributed by atoms with Crippen molar-refractivity contribution in [1.29, 1.82) is 0 Å². The quantitative estimate of drug-likeness (QED) is 0.817. The zero-order valence-electron chi connectivity index (χ0n) is 10.8. The first-order chi connectivity index (χ1) is 8.58. The molecule has 1 aromatic rings. The Labute approximate surface area is 107 Å². The fourth-order valence-electron chi connectivity index (χ4n) is 1.42. The molecule has 0 saturated heterocycles. The summed E-state index contributed by atoms with van der Waals surface area (Å²) >= 11 is 0. The van der Waals surface area contributed by atoms with E-state index >= 15 is 0 Å². The molecule has 98 valence electrons. The van der Waals surface area contributed by atoms with Gasteiger partial charge in [0.1, 0.15) is 11.8 Å². The number of carbonyl (C=O) groups excluding carboxylic acids is 2. The Morgan fingerprint density at radius 1 is 1.28 bits per heavy atom. The second-order valence-electron chi connectivity index (χ2n) is 3.82. The highest BCUT2D eigenvalue weighted by Gasteiger charge is 2.15. The van der Waals surface area contributed by atoms with E-state index in [-0.39, 0.29) is 11.8 Å². The molecule has 0 spiro atoms. The van der Waals surface area contributed by atoms with Gasteiger partial charge in [0.15, 0.2) is 0 Å². The molecule has 0 aliphatic rings. The van der Waals surface area contributed by atoms with Crippen molar-refractivity contribution in [2.24, 2.45) is 0 Å². The lowest BCUT2D eigenvalue weighted by molar-refractivity contribution is -0.122. The van der Waals surface area contributed by atoms with Gasteiger partial charge in [0.05, 0.1) is 7.11 Å². The Morgan fingerprint density at radius 3 is 2.39 bits per heavy atom. The summed E-state index contributed by atoms with van der Waals surface area (Å²) in [6.07, 6.45) is 0. The molecule has 1 rings (SSSR count). The third kappa shape index (κ3) is 3.76. The van der Waals surface area contributed by atoms with Crippen LogP contribution >= 0.6 is 0 Å². The second kappa shape index (κ2) is 6.64. The summed E-state index contributed by atoms with van der Waals surface area (Å²) in [6, 6.07) is 6.15. The molecule has 0 radical (unpaired) electrons. The number of benzene rings is 1. The summed E-state index contributed by atoms with van der Waals surface area (Å²) in [5.41, 5.74) is 0.493. The number of rotatable bonds is 5. The summed E-state index contributed by atoms with van der Waals surface area (Å²) in [5, 5.41) is 5.27. The van der Waals surface area contributed by atoms with Crippen LogP contribution in [0.15, 0.2) is 24.3 Å². The third-order valence-electron chi connectivity index (χ3n) is 2.44. The molecule has 2 amide bonds. The van der Waals surface area contributed by atoms with Crippen LogP contribution in [0.5, 0.6) is 5.75 Å². The minimum absolute atomic E-state index is 0.195. The van der Waals surface area contributed by atoms with Crippen molar-refractivity contribution >= 4 is 11.8 Å². The van der Waals surface area contributed by atoms with Crippen LogP contribution in [-0.2, 0) is 4.79 Å². The average molecular weight is 250 g/mol. The monoisotopic (exact) mass is 250 g/mol. The SMILES string of the molecule is CCNC(=O)[C@H](C)NC(=O)c1ccc(OC)cc1. The molecule has 0 saturated carbocycles. The molecule has 18 heavy (non-hydrogen) atoms. The van der Waals surface area contributed by atoms with Crippen molar-refractivity contribution in [1.82, 2.24) is 10.6 Å². The first-order valence-electron chi connectivity index (χ1n) is 5.81. The number of carbonyl (C=O) groups is 2. The van der Waals surface area contributed by atoms with E-state index in [2.05, 4.69) is 10.6 Å². The van der Waals surface area contributed by atoms with E-state index < -0.39 is 6.04 Å². The highest BCUT2D eigenvalue weighted by Crippen LogP contribution is 2.11. The van der Waals surface area contributed by atoms with Crippen molar-refractivity contribution in [2.75, 3.05) is 13.7 Å². The molecule has 0 fully saturated rings. The highest BCUT2D eigenvalue weighted by molar-refractivity contribution is 5.97. The van der Waals surface area contributed by atoms with E-state index in [0.717, 1.165) is 0 Å². The fourth-order valence-corrected chi connectivity index (χ4v) is 1.42. The van der Waals surface area contributed by atoms with E-state index in [4.69, 9.17) is 4.74 Å². The normalized spacial score (nSPS) is 11.5. The number of amides is 2. The van der Waals surface area contributed by atoms with E-state index in [9.17, 15) is 9.59 Å². The van der Waals surface area contributed by atoms with Gasteiger partial charge in [0.2, 0.25) is 5.91 Å². The zero-order chi connectivity index (χ0) is 13.5. The van der Waals surface area contributed by atoms with Crippen molar-refractivity contribution in [3.63, 3.8) is 0 Å². The van der Waals surface area contributed by atoms with Crippen LogP contribution in [0.4, 0.5) is 0 Å². The zero-order valence-corrected chi connectivity index (χ0v) is 10.8. The number of methoxy groups -OCH3 is 1. The van der Waals surface area contributed by atoms with Crippen molar-refractivity contribution in [2.45, 2.75) is 19.9 Å². The summed E-state index contributed by atoms with van der Waals surface area (Å²) in [4.78, 5) is 23.3. The minimum atomic E-state index is -0.556. The molecule has 5 nitrogen and oxygen atoms in total. The summed E-state index contributed by atoms with van der Waals surface area (Å²) in [5.74, 6) is 0.207. The van der Waals surface area contributed by atoms with Crippen LogP contribution < -0.4 is 15.4 Å². The molecule has 0 unspecified atom stereocenters. The largest absolute Gasteiger partial charge is 0.497 e. The Bertz CT molecular complexity index is 415. The Balaban J connectivity index is 2.61. The van der Waals surface area contributed by atoms with Gasteiger partial charge in [-0.1, -0.05) is 0 Å². The van der Waals surface area contributed by atoms with E-state index in [1.807, 2.05) is 6.92 Å². The molecule has 2 N–H and O–H groups in total. The summed E-state index contributed by atoms with van der Waals surface area (Å²) in [6.45, 7) is 4.02. The molecule has 0 heterocycles. The number of ether oxygens (including phenoxy) is 1. The Hall–Kier alpha value is -2.04. The molecule has 0 aliphatic heterocycles. The lowest BCUT2D eigenvalue weighted by Gasteiger charge is -2.13.